The van der Waals surface area contributed by atoms with E-state index in [1.165, 1.54) is 12.1 Å². The van der Waals surface area contributed by atoms with Crippen LogP contribution in [0.5, 0.6) is 0 Å². The van der Waals surface area contributed by atoms with E-state index in [4.69, 9.17) is 5.21 Å². The molecule has 0 radical (unpaired) electrons. The number of benzene rings is 1. The molecule has 0 aliphatic carbocycles. The van der Waals surface area contributed by atoms with Gasteiger partial charge in [0.15, 0.2) is 0 Å². The normalized spacial score (nSPS) is 17.3. The lowest BCUT2D eigenvalue weighted by Gasteiger charge is -2.23. The molecule has 1 heterocycles. The van der Waals surface area contributed by atoms with Crippen LogP contribution in [0.15, 0.2) is 23.4 Å². The molecule has 18 heavy (non-hydrogen) atoms. The van der Waals surface area contributed by atoms with E-state index in [0.29, 0.717) is 5.71 Å². The number of nitrogens with one attached hydrogen (secondary N) is 1. The highest BCUT2D eigenvalue weighted by molar-refractivity contribution is 6.02. The molecule has 0 atom stereocenters. The lowest BCUT2D eigenvalue weighted by atomic mass is 9.88. The predicted molar refractivity (Wildman–Crippen MR) is 67.5 cm³/mol. The Hall–Kier alpha value is -1.20. The van der Waals surface area contributed by atoms with Gasteiger partial charge in [0, 0.05) is 17.5 Å². The van der Waals surface area contributed by atoms with Gasteiger partial charge in [-0.05, 0) is 38.1 Å². The third kappa shape index (κ3) is 3.17. The fraction of sp³-hybridized carbons (Fsp3) is 0.417. The third-order valence-corrected chi connectivity index (χ3v) is 3.04. The Morgan fingerprint density at radius 1 is 1.28 bits per heavy atom. The summed E-state index contributed by atoms with van der Waals surface area (Å²) < 4.78 is 26.4. The van der Waals surface area contributed by atoms with Gasteiger partial charge in [-0.15, -0.1) is 12.4 Å². The van der Waals surface area contributed by atoms with Crippen LogP contribution in [0.3, 0.4) is 0 Å². The van der Waals surface area contributed by atoms with Crippen LogP contribution >= 0.6 is 12.4 Å². The minimum absolute atomic E-state index is 0. The molecule has 100 valence electrons. The highest BCUT2D eigenvalue weighted by Gasteiger charge is 2.23. The summed E-state index contributed by atoms with van der Waals surface area (Å²) in [5.41, 5.74) is 0.491. The molecule has 1 aromatic rings. The predicted octanol–water partition coefficient (Wildman–Crippen LogP) is 2.56. The van der Waals surface area contributed by atoms with E-state index in [1.807, 2.05) is 0 Å². The minimum Gasteiger partial charge on any atom is -0.411 e. The molecule has 2 rings (SSSR count). The highest BCUT2D eigenvalue weighted by Crippen LogP contribution is 2.21. The second kappa shape index (κ2) is 6.66. The highest BCUT2D eigenvalue weighted by atomic mass is 35.5. The third-order valence-electron chi connectivity index (χ3n) is 3.04. The van der Waals surface area contributed by atoms with Gasteiger partial charge in [0.25, 0.3) is 0 Å². The average molecular weight is 277 g/mol. The van der Waals surface area contributed by atoms with Gasteiger partial charge in [-0.25, -0.2) is 8.78 Å². The molecule has 1 aromatic carbocycles. The topological polar surface area (TPSA) is 44.6 Å². The van der Waals surface area contributed by atoms with Crippen molar-refractivity contribution in [2.45, 2.75) is 12.8 Å². The van der Waals surface area contributed by atoms with Gasteiger partial charge >= 0.3 is 0 Å². The Morgan fingerprint density at radius 2 is 1.94 bits per heavy atom. The van der Waals surface area contributed by atoms with Crippen molar-refractivity contribution >= 4 is 18.1 Å². The number of hydrogen-bond donors (Lipinski definition) is 2. The zero-order valence-electron chi connectivity index (χ0n) is 9.70. The lowest BCUT2D eigenvalue weighted by Crippen LogP contribution is -2.32. The lowest BCUT2D eigenvalue weighted by molar-refractivity contribution is 0.311. The molecular weight excluding hydrogens is 262 g/mol. The van der Waals surface area contributed by atoms with Crippen molar-refractivity contribution in [2.24, 2.45) is 11.1 Å². The number of hydrogen-bond acceptors (Lipinski definition) is 3. The first kappa shape index (κ1) is 14.9. The van der Waals surface area contributed by atoms with Gasteiger partial charge < -0.3 is 10.5 Å². The summed E-state index contributed by atoms with van der Waals surface area (Å²) in [6.07, 6.45) is 1.58. The van der Waals surface area contributed by atoms with Crippen LogP contribution < -0.4 is 5.32 Å². The molecule has 0 amide bonds. The number of nitrogens with zero attached hydrogens (tertiary/aromatic N) is 1. The van der Waals surface area contributed by atoms with Crippen LogP contribution in [0, 0.1) is 17.6 Å². The van der Waals surface area contributed by atoms with Crippen LogP contribution in [-0.2, 0) is 0 Å². The Balaban J connectivity index is 0.00000162. The fourth-order valence-electron chi connectivity index (χ4n) is 2.15. The monoisotopic (exact) mass is 276 g/mol. The summed E-state index contributed by atoms with van der Waals surface area (Å²) in [7, 11) is 0. The smallest absolute Gasteiger partial charge is 0.135 e. The van der Waals surface area contributed by atoms with Crippen LogP contribution in [0.1, 0.15) is 18.4 Å². The van der Waals surface area contributed by atoms with Crippen molar-refractivity contribution in [3.05, 3.63) is 35.4 Å². The summed E-state index contributed by atoms with van der Waals surface area (Å²) in [5.74, 6) is -1.30. The van der Waals surface area contributed by atoms with E-state index in [2.05, 4.69) is 10.5 Å². The minimum atomic E-state index is -0.684. The van der Waals surface area contributed by atoms with Gasteiger partial charge in [-0.2, -0.15) is 0 Å². The Morgan fingerprint density at radius 3 is 2.50 bits per heavy atom. The van der Waals surface area contributed by atoms with Gasteiger partial charge in [-0.3, -0.25) is 0 Å². The molecular formula is C12H15ClF2N2O. The van der Waals surface area contributed by atoms with Gasteiger partial charge in [-0.1, -0.05) is 5.16 Å². The van der Waals surface area contributed by atoms with E-state index < -0.39 is 11.6 Å². The van der Waals surface area contributed by atoms with Crippen molar-refractivity contribution in [2.75, 3.05) is 13.1 Å². The van der Waals surface area contributed by atoms with E-state index in [9.17, 15) is 8.78 Å². The zero-order chi connectivity index (χ0) is 12.3. The van der Waals surface area contributed by atoms with E-state index in [-0.39, 0.29) is 23.9 Å². The molecule has 3 nitrogen and oxygen atoms in total. The molecule has 1 fully saturated rings. The molecule has 0 saturated carbocycles. The molecule has 0 bridgehead atoms. The van der Waals surface area contributed by atoms with Crippen molar-refractivity contribution in [1.82, 2.24) is 5.32 Å². The first-order chi connectivity index (χ1) is 8.22. The maximum atomic E-state index is 13.6. The van der Waals surface area contributed by atoms with Gasteiger partial charge in [0.1, 0.15) is 11.6 Å². The zero-order valence-corrected chi connectivity index (χ0v) is 10.5. The number of halogens is 3. The molecule has 1 aliphatic heterocycles. The average Bonchev–Trinajstić information content (AvgIpc) is 2.34. The van der Waals surface area contributed by atoms with Crippen molar-refractivity contribution in [3.8, 4) is 0 Å². The van der Waals surface area contributed by atoms with E-state index in [1.54, 1.807) is 0 Å². The van der Waals surface area contributed by atoms with Crippen molar-refractivity contribution in [3.63, 3.8) is 0 Å². The number of rotatable bonds is 2. The molecule has 1 saturated heterocycles. The van der Waals surface area contributed by atoms with E-state index in [0.717, 1.165) is 32.0 Å². The number of piperidine rings is 1. The Bertz CT molecular complexity index is 434. The summed E-state index contributed by atoms with van der Waals surface area (Å²) in [4.78, 5) is 0. The quantitative estimate of drug-likeness (QED) is 0.495. The largest absolute Gasteiger partial charge is 0.411 e. The second-order valence-electron chi connectivity index (χ2n) is 4.13. The molecule has 1 aliphatic rings. The van der Waals surface area contributed by atoms with Crippen LogP contribution in [0.2, 0.25) is 0 Å². The van der Waals surface area contributed by atoms with Crippen molar-refractivity contribution in [1.29, 1.82) is 0 Å². The SMILES string of the molecule is Cl.ON=C(c1ccc(F)cc1F)C1CCNCC1. The molecule has 2 N–H and O–H groups in total. The fourth-order valence-corrected chi connectivity index (χ4v) is 2.15. The summed E-state index contributed by atoms with van der Waals surface area (Å²) in [6, 6.07) is 3.30. The maximum Gasteiger partial charge on any atom is 0.135 e. The van der Waals surface area contributed by atoms with E-state index >= 15 is 0 Å². The second-order valence-corrected chi connectivity index (χ2v) is 4.13. The number of oxime groups is 1. The summed E-state index contributed by atoms with van der Waals surface area (Å²) in [5, 5.41) is 15.4. The molecule has 0 spiro atoms. The summed E-state index contributed by atoms with van der Waals surface area (Å²) in [6.45, 7) is 1.62. The standard InChI is InChI=1S/C12H14F2N2O.ClH/c13-9-1-2-10(11(14)7-9)12(16-17)8-3-5-15-6-4-8;/h1-2,7-8,15,17H,3-6H2;1H. The Labute approximate surface area is 110 Å². The van der Waals surface area contributed by atoms with Crippen LogP contribution in [0.25, 0.3) is 0 Å². The maximum absolute atomic E-state index is 13.6. The van der Waals surface area contributed by atoms with Crippen LogP contribution in [0.4, 0.5) is 8.78 Å². The first-order valence-electron chi connectivity index (χ1n) is 5.60. The Kier molecular flexibility index (Phi) is 5.50. The van der Waals surface area contributed by atoms with Crippen LogP contribution in [-0.4, -0.2) is 24.0 Å². The summed E-state index contributed by atoms with van der Waals surface area (Å²) >= 11 is 0. The molecule has 0 unspecified atom stereocenters. The van der Waals surface area contributed by atoms with Gasteiger partial charge in [0.2, 0.25) is 0 Å². The van der Waals surface area contributed by atoms with Gasteiger partial charge in [0.05, 0.1) is 5.71 Å². The van der Waals surface area contributed by atoms with Crippen molar-refractivity contribution < 1.29 is 14.0 Å². The first-order valence-corrected chi connectivity index (χ1v) is 5.60. The molecule has 6 heteroatoms. The molecule has 0 aromatic heterocycles.